The fourth-order valence-corrected chi connectivity index (χ4v) is 6.33. The summed E-state index contributed by atoms with van der Waals surface area (Å²) >= 11 is 7.55. The quantitative estimate of drug-likeness (QED) is 0.254. The lowest BCUT2D eigenvalue weighted by atomic mass is 9.98. The van der Waals surface area contributed by atoms with Gasteiger partial charge in [0.05, 0.1) is 11.6 Å². The molecule has 2 atom stereocenters. The van der Waals surface area contributed by atoms with Crippen LogP contribution in [0, 0.1) is 11.3 Å². The standard InChI is InChI=1S/C29H24ClN3O3S/c30-21-8-11-27-26(13-21)32-29(36-27)37-17-18-4-6-20(7-5-18)28(34)33-22-9-10-23(33)15-25(14-22)35-24-3-1-2-19(12-24)16-31/h1-8,11-13,22-23,25H,9-10,14-15,17H2. The van der Waals surface area contributed by atoms with Crippen LogP contribution in [0.5, 0.6) is 5.75 Å². The van der Waals surface area contributed by atoms with Crippen molar-refractivity contribution in [3.05, 3.63) is 88.4 Å². The van der Waals surface area contributed by atoms with E-state index in [9.17, 15) is 4.79 Å². The topological polar surface area (TPSA) is 79.4 Å². The molecule has 37 heavy (non-hydrogen) atoms. The van der Waals surface area contributed by atoms with Crippen LogP contribution in [0.15, 0.2) is 76.4 Å². The third-order valence-electron chi connectivity index (χ3n) is 7.08. The fourth-order valence-electron chi connectivity index (χ4n) is 5.37. The van der Waals surface area contributed by atoms with Crippen molar-refractivity contribution in [2.45, 2.75) is 54.8 Å². The van der Waals surface area contributed by atoms with Crippen LogP contribution in [-0.4, -0.2) is 34.0 Å². The average molecular weight is 530 g/mol. The summed E-state index contributed by atoms with van der Waals surface area (Å²) < 4.78 is 12.0. The van der Waals surface area contributed by atoms with Gasteiger partial charge in [0.25, 0.3) is 11.1 Å². The summed E-state index contributed by atoms with van der Waals surface area (Å²) in [6.45, 7) is 0. The molecule has 2 saturated heterocycles. The molecule has 6 nitrogen and oxygen atoms in total. The Balaban J connectivity index is 1.07. The molecule has 2 aliphatic heterocycles. The highest BCUT2D eigenvalue weighted by molar-refractivity contribution is 7.98. The van der Waals surface area contributed by atoms with Gasteiger partial charge in [-0.05, 0) is 66.9 Å². The minimum Gasteiger partial charge on any atom is -0.490 e. The molecule has 2 fully saturated rings. The number of piperidine rings is 1. The highest BCUT2D eigenvalue weighted by atomic mass is 35.5. The number of benzene rings is 3. The zero-order valence-corrected chi connectivity index (χ0v) is 21.5. The van der Waals surface area contributed by atoms with Crippen LogP contribution >= 0.6 is 23.4 Å². The number of nitrogens with zero attached hydrogens (tertiary/aromatic N) is 3. The fraction of sp³-hybridized carbons (Fsp3) is 0.276. The third kappa shape index (κ3) is 5.04. The van der Waals surface area contributed by atoms with E-state index in [1.165, 1.54) is 11.8 Å². The maximum atomic E-state index is 13.4. The lowest BCUT2D eigenvalue weighted by molar-refractivity contribution is 0.0359. The van der Waals surface area contributed by atoms with E-state index in [2.05, 4.69) is 16.0 Å². The Morgan fingerprint density at radius 1 is 1.11 bits per heavy atom. The molecule has 3 heterocycles. The van der Waals surface area contributed by atoms with E-state index in [0.717, 1.165) is 42.5 Å². The molecule has 0 saturated carbocycles. The molecule has 0 radical (unpaired) electrons. The molecule has 2 unspecified atom stereocenters. The van der Waals surface area contributed by atoms with Gasteiger partial charge in [0.15, 0.2) is 5.58 Å². The van der Waals surface area contributed by atoms with Gasteiger partial charge < -0.3 is 14.1 Å². The molecule has 1 amide bonds. The highest BCUT2D eigenvalue weighted by Gasteiger charge is 2.44. The molecular formula is C29H24ClN3O3S. The van der Waals surface area contributed by atoms with Crippen molar-refractivity contribution in [3.63, 3.8) is 0 Å². The van der Waals surface area contributed by atoms with Gasteiger partial charge in [0.2, 0.25) is 0 Å². The molecule has 8 heteroatoms. The number of nitriles is 1. The Hall–Kier alpha value is -3.47. The van der Waals surface area contributed by atoms with Gasteiger partial charge in [-0.15, -0.1) is 0 Å². The molecule has 3 aromatic carbocycles. The first-order valence-corrected chi connectivity index (χ1v) is 13.7. The van der Waals surface area contributed by atoms with Crippen molar-refractivity contribution < 1.29 is 13.9 Å². The Labute approximate surface area is 224 Å². The van der Waals surface area contributed by atoms with Crippen molar-refractivity contribution in [3.8, 4) is 11.8 Å². The van der Waals surface area contributed by atoms with Crippen molar-refractivity contribution in [2.75, 3.05) is 0 Å². The summed E-state index contributed by atoms with van der Waals surface area (Å²) in [5, 5.41) is 10.4. The predicted octanol–water partition coefficient (Wildman–Crippen LogP) is 6.86. The van der Waals surface area contributed by atoms with Crippen molar-refractivity contribution in [1.29, 1.82) is 5.26 Å². The van der Waals surface area contributed by atoms with Gasteiger partial charge >= 0.3 is 0 Å². The summed E-state index contributed by atoms with van der Waals surface area (Å²) in [4.78, 5) is 20.0. The molecule has 4 aromatic rings. The predicted molar refractivity (Wildman–Crippen MR) is 143 cm³/mol. The zero-order valence-electron chi connectivity index (χ0n) is 20.0. The van der Waals surface area contributed by atoms with Crippen LogP contribution < -0.4 is 4.74 Å². The number of carbonyl (C=O) groups excluding carboxylic acids is 1. The summed E-state index contributed by atoms with van der Waals surface area (Å²) in [5.74, 6) is 1.50. The third-order valence-corrected chi connectivity index (χ3v) is 8.22. The van der Waals surface area contributed by atoms with E-state index in [-0.39, 0.29) is 24.1 Å². The maximum Gasteiger partial charge on any atom is 0.257 e. The number of carbonyl (C=O) groups is 1. The first-order chi connectivity index (χ1) is 18.1. The monoisotopic (exact) mass is 529 g/mol. The minimum atomic E-state index is 0.0535. The number of fused-ring (bicyclic) bond motifs is 3. The Morgan fingerprint density at radius 3 is 2.65 bits per heavy atom. The lowest BCUT2D eigenvalue weighted by Gasteiger charge is -2.39. The van der Waals surface area contributed by atoms with E-state index >= 15 is 0 Å². The minimum absolute atomic E-state index is 0.0535. The van der Waals surface area contributed by atoms with Gasteiger partial charge in [-0.25, -0.2) is 4.98 Å². The number of hydrogen-bond acceptors (Lipinski definition) is 6. The van der Waals surface area contributed by atoms with Crippen LogP contribution in [0.4, 0.5) is 0 Å². The van der Waals surface area contributed by atoms with E-state index in [1.807, 2.05) is 42.5 Å². The van der Waals surface area contributed by atoms with Crippen molar-refractivity contribution >= 4 is 40.4 Å². The summed E-state index contributed by atoms with van der Waals surface area (Å²) in [6, 6.07) is 23.0. The average Bonchev–Trinajstić information content (AvgIpc) is 3.44. The molecule has 0 N–H and O–H groups in total. The molecule has 2 bridgehead atoms. The van der Waals surface area contributed by atoms with Crippen molar-refractivity contribution in [1.82, 2.24) is 9.88 Å². The van der Waals surface area contributed by atoms with E-state index in [4.69, 9.17) is 26.0 Å². The molecule has 0 aliphatic carbocycles. The molecule has 2 aliphatic rings. The highest BCUT2D eigenvalue weighted by Crippen LogP contribution is 2.38. The molecular weight excluding hydrogens is 506 g/mol. The Bertz CT molecular complexity index is 1480. The first kappa shape index (κ1) is 23.9. The van der Waals surface area contributed by atoms with Gasteiger partial charge in [0.1, 0.15) is 17.4 Å². The van der Waals surface area contributed by atoms with E-state index < -0.39 is 0 Å². The number of oxazole rings is 1. The van der Waals surface area contributed by atoms with E-state index in [0.29, 0.717) is 32.7 Å². The number of amides is 1. The van der Waals surface area contributed by atoms with Gasteiger partial charge in [0, 0.05) is 41.3 Å². The smallest absolute Gasteiger partial charge is 0.257 e. The SMILES string of the molecule is N#Cc1cccc(OC2CC3CCC(C2)N3C(=O)c2ccc(CSc3nc4cc(Cl)ccc4o3)cc2)c1. The van der Waals surface area contributed by atoms with Crippen LogP contribution in [0.3, 0.4) is 0 Å². The zero-order chi connectivity index (χ0) is 25.4. The van der Waals surface area contributed by atoms with Crippen molar-refractivity contribution in [2.24, 2.45) is 0 Å². The second-order valence-electron chi connectivity index (χ2n) is 9.53. The molecule has 1 aromatic heterocycles. The van der Waals surface area contributed by atoms with Crippen LogP contribution in [0.2, 0.25) is 5.02 Å². The van der Waals surface area contributed by atoms with Crippen LogP contribution in [0.25, 0.3) is 11.1 Å². The van der Waals surface area contributed by atoms with Crippen LogP contribution in [-0.2, 0) is 5.75 Å². The van der Waals surface area contributed by atoms with Crippen LogP contribution in [0.1, 0.15) is 47.2 Å². The molecule has 0 spiro atoms. The first-order valence-electron chi connectivity index (χ1n) is 12.3. The second-order valence-corrected chi connectivity index (χ2v) is 10.9. The normalized spacial score (nSPS) is 20.6. The summed E-state index contributed by atoms with van der Waals surface area (Å²) in [7, 11) is 0. The summed E-state index contributed by atoms with van der Waals surface area (Å²) in [6.07, 6.45) is 3.67. The lowest BCUT2D eigenvalue weighted by Crippen LogP contribution is -2.49. The van der Waals surface area contributed by atoms with Gasteiger partial charge in [-0.3, -0.25) is 4.79 Å². The Kier molecular flexibility index (Phi) is 6.54. The Morgan fingerprint density at radius 2 is 1.89 bits per heavy atom. The van der Waals surface area contributed by atoms with Gasteiger partial charge in [-0.2, -0.15) is 5.26 Å². The summed E-state index contributed by atoms with van der Waals surface area (Å²) in [5.41, 5.74) is 3.86. The second kappa shape index (κ2) is 10.1. The molecule has 186 valence electrons. The maximum absolute atomic E-state index is 13.4. The van der Waals surface area contributed by atoms with Gasteiger partial charge in [-0.1, -0.05) is 41.6 Å². The largest absolute Gasteiger partial charge is 0.490 e. The van der Waals surface area contributed by atoms with E-state index in [1.54, 1.807) is 24.3 Å². The number of thioether (sulfide) groups is 1. The number of aromatic nitrogens is 1. The number of hydrogen-bond donors (Lipinski definition) is 0. The number of rotatable bonds is 6. The number of ether oxygens (including phenoxy) is 1. The molecule has 6 rings (SSSR count). The number of halogens is 1.